The predicted molar refractivity (Wildman–Crippen MR) is 43.7 cm³/mol. The van der Waals surface area contributed by atoms with Gasteiger partial charge in [0.25, 0.3) is 0 Å². The van der Waals surface area contributed by atoms with Gasteiger partial charge >= 0.3 is 0 Å². The average Bonchev–Trinajstić information content (AvgIpc) is 1.85. The third-order valence-corrected chi connectivity index (χ3v) is 1.51. The Labute approximate surface area is 67.8 Å². The summed E-state index contributed by atoms with van der Waals surface area (Å²) in [6.45, 7) is 0. The molecule has 1 nitrogen and oxygen atoms in total. The first-order valence-electron chi connectivity index (χ1n) is 2.68. The second kappa shape index (κ2) is 2.76. The molecular formula is C8H5BrO. The summed E-state index contributed by atoms with van der Waals surface area (Å²) in [4.78, 5) is 0. The third kappa shape index (κ3) is 1.52. The van der Waals surface area contributed by atoms with Crippen LogP contribution in [0.25, 0.3) is 0 Å². The quantitative estimate of drug-likeness (QED) is 0.631. The molecule has 0 fully saturated rings. The molecule has 0 aromatic heterocycles. The van der Waals surface area contributed by atoms with Crippen LogP contribution in [0, 0.1) is 12.3 Å². The molecule has 0 atom stereocenters. The van der Waals surface area contributed by atoms with E-state index in [1.54, 1.807) is 12.1 Å². The third-order valence-electron chi connectivity index (χ3n) is 1.05. The van der Waals surface area contributed by atoms with Crippen molar-refractivity contribution in [3.05, 3.63) is 28.2 Å². The van der Waals surface area contributed by atoms with Crippen LogP contribution in [0.1, 0.15) is 5.56 Å². The number of aromatic hydroxyl groups is 1. The van der Waals surface area contributed by atoms with Gasteiger partial charge in [0.2, 0.25) is 0 Å². The van der Waals surface area contributed by atoms with E-state index in [9.17, 15) is 0 Å². The summed E-state index contributed by atoms with van der Waals surface area (Å²) < 4.78 is 0.792. The van der Waals surface area contributed by atoms with E-state index in [2.05, 4.69) is 21.9 Å². The number of hydrogen-bond donors (Lipinski definition) is 1. The molecule has 0 bridgehead atoms. The van der Waals surface area contributed by atoms with E-state index in [1.807, 2.05) is 0 Å². The fraction of sp³-hybridized carbons (Fsp3) is 0. The van der Waals surface area contributed by atoms with Crippen molar-refractivity contribution in [1.82, 2.24) is 0 Å². The first-order chi connectivity index (χ1) is 4.72. The lowest BCUT2D eigenvalue weighted by Gasteiger charge is -1.94. The van der Waals surface area contributed by atoms with Crippen LogP contribution >= 0.6 is 15.9 Å². The molecule has 1 N–H and O–H groups in total. The SMILES string of the molecule is C#Cc1cc(O)cc(Br)c1. The van der Waals surface area contributed by atoms with E-state index in [-0.39, 0.29) is 5.75 Å². The van der Waals surface area contributed by atoms with Gasteiger partial charge in [-0.3, -0.25) is 0 Å². The summed E-state index contributed by atoms with van der Waals surface area (Å²) in [5.74, 6) is 2.60. The molecule has 0 heterocycles. The van der Waals surface area contributed by atoms with Gasteiger partial charge in [0.1, 0.15) is 5.75 Å². The van der Waals surface area contributed by atoms with Crippen LogP contribution in [-0.2, 0) is 0 Å². The lowest BCUT2D eigenvalue weighted by atomic mass is 10.2. The molecule has 0 unspecified atom stereocenters. The molecule has 1 aromatic rings. The zero-order valence-electron chi connectivity index (χ0n) is 5.13. The van der Waals surface area contributed by atoms with Gasteiger partial charge in [0.05, 0.1) is 0 Å². The molecular weight excluding hydrogens is 192 g/mol. The van der Waals surface area contributed by atoms with Crippen molar-refractivity contribution in [2.75, 3.05) is 0 Å². The minimum Gasteiger partial charge on any atom is -0.508 e. The molecule has 0 aliphatic heterocycles. The maximum atomic E-state index is 9.00. The van der Waals surface area contributed by atoms with Gasteiger partial charge in [-0.1, -0.05) is 21.9 Å². The number of halogens is 1. The molecule has 10 heavy (non-hydrogen) atoms. The van der Waals surface area contributed by atoms with E-state index < -0.39 is 0 Å². The van der Waals surface area contributed by atoms with Crippen LogP contribution in [0.5, 0.6) is 5.75 Å². The molecule has 0 spiro atoms. The van der Waals surface area contributed by atoms with Crippen molar-refractivity contribution in [1.29, 1.82) is 0 Å². The van der Waals surface area contributed by atoms with Crippen LogP contribution in [0.2, 0.25) is 0 Å². The van der Waals surface area contributed by atoms with Crippen LogP contribution in [-0.4, -0.2) is 5.11 Å². The largest absolute Gasteiger partial charge is 0.508 e. The molecule has 0 radical (unpaired) electrons. The van der Waals surface area contributed by atoms with E-state index >= 15 is 0 Å². The van der Waals surface area contributed by atoms with Crippen molar-refractivity contribution in [3.8, 4) is 18.1 Å². The van der Waals surface area contributed by atoms with Crippen molar-refractivity contribution in [2.45, 2.75) is 0 Å². The van der Waals surface area contributed by atoms with E-state index in [0.29, 0.717) is 5.56 Å². The van der Waals surface area contributed by atoms with Gasteiger partial charge < -0.3 is 5.11 Å². The number of phenols is 1. The van der Waals surface area contributed by atoms with Gasteiger partial charge in [-0.25, -0.2) is 0 Å². The zero-order chi connectivity index (χ0) is 7.56. The first-order valence-corrected chi connectivity index (χ1v) is 3.48. The lowest BCUT2D eigenvalue weighted by molar-refractivity contribution is 0.475. The topological polar surface area (TPSA) is 20.2 Å². The summed E-state index contributed by atoms with van der Waals surface area (Å²) >= 11 is 3.20. The minimum absolute atomic E-state index is 0.183. The first kappa shape index (κ1) is 7.17. The Balaban J connectivity index is 3.22. The summed E-state index contributed by atoms with van der Waals surface area (Å²) in [5, 5.41) is 9.00. The van der Waals surface area contributed by atoms with Crippen LogP contribution in [0.4, 0.5) is 0 Å². The molecule has 2 heteroatoms. The van der Waals surface area contributed by atoms with E-state index in [1.165, 1.54) is 6.07 Å². The molecule has 50 valence electrons. The van der Waals surface area contributed by atoms with Gasteiger partial charge in [-0.05, 0) is 18.2 Å². The molecule has 0 saturated heterocycles. The summed E-state index contributed by atoms with van der Waals surface area (Å²) in [7, 11) is 0. The Bertz CT molecular complexity index is 266. The molecule has 0 aliphatic carbocycles. The Morgan fingerprint density at radius 3 is 2.60 bits per heavy atom. The Morgan fingerprint density at radius 2 is 2.10 bits per heavy atom. The lowest BCUT2D eigenvalue weighted by Crippen LogP contribution is -1.73. The molecule has 0 amide bonds. The number of benzene rings is 1. The van der Waals surface area contributed by atoms with Gasteiger partial charge in [0.15, 0.2) is 0 Å². The van der Waals surface area contributed by atoms with Gasteiger partial charge in [-0.2, -0.15) is 0 Å². The summed E-state index contributed by atoms with van der Waals surface area (Å²) in [5.41, 5.74) is 0.673. The van der Waals surface area contributed by atoms with Crippen molar-refractivity contribution in [2.24, 2.45) is 0 Å². The number of hydrogen-bond acceptors (Lipinski definition) is 1. The second-order valence-electron chi connectivity index (χ2n) is 1.84. The predicted octanol–water partition coefficient (Wildman–Crippen LogP) is 2.14. The van der Waals surface area contributed by atoms with Gasteiger partial charge in [-0.15, -0.1) is 6.42 Å². The maximum Gasteiger partial charge on any atom is 0.117 e. The summed E-state index contributed by atoms with van der Waals surface area (Å²) in [6, 6.07) is 4.88. The molecule has 1 aromatic carbocycles. The highest BCUT2D eigenvalue weighted by Crippen LogP contribution is 2.19. The monoisotopic (exact) mass is 196 g/mol. The summed E-state index contributed by atoms with van der Waals surface area (Å²) in [6.07, 6.45) is 5.11. The van der Waals surface area contributed by atoms with Crippen LogP contribution in [0.3, 0.4) is 0 Å². The Kier molecular flexibility index (Phi) is 1.98. The number of phenolic OH excluding ortho intramolecular Hbond substituents is 1. The Hall–Kier alpha value is -0.940. The van der Waals surface area contributed by atoms with E-state index in [4.69, 9.17) is 11.5 Å². The van der Waals surface area contributed by atoms with Crippen LogP contribution in [0.15, 0.2) is 22.7 Å². The maximum absolute atomic E-state index is 9.00. The second-order valence-corrected chi connectivity index (χ2v) is 2.76. The fourth-order valence-corrected chi connectivity index (χ4v) is 1.14. The fourth-order valence-electron chi connectivity index (χ4n) is 0.657. The minimum atomic E-state index is 0.183. The standard InChI is InChI=1S/C8H5BrO/c1-2-6-3-7(9)5-8(10)4-6/h1,3-5,10H. The highest BCUT2D eigenvalue weighted by atomic mass is 79.9. The molecule has 0 aliphatic rings. The van der Waals surface area contributed by atoms with Crippen molar-refractivity contribution < 1.29 is 5.11 Å². The highest BCUT2D eigenvalue weighted by Gasteiger charge is 1.93. The average molecular weight is 197 g/mol. The zero-order valence-corrected chi connectivity index (χ0v) is 6.72. The number of rotatable bonds is 0. The molecule has 1 rings (SSSR count). The highest BCUT2D eigenvalue weighted by molar-refractivity contribution is 9.10. The van der Waals surface area contributed by atoms with E-state index in [0.717, 1.165) is 4.47 Å². The number of terminal acetylenes is 1. The Morgan fingerprint density at radius 1 is 1.40 bits per heavy atom. The normalized spacial score (nSPS) is 8.80. The van der Waals surface area contributed by atoms with Crippen molar-refractivity contribution >= 4 is 15.9 Å². The molecule has 0 saturated carbocycles. The van der Waals surface area contributed by atoms with Gasteiger partial charge in [0, 0.05) is 10.0 Å². The van der Waals surface area contributed by atoms with Crippen molar-refractivity contribution in [3.63, 3.8) is 0 Å². The smallest absolute Gasteiger partial charge is 0.117 e. The van der Waals surface area contributed by atoms with Crippen LogP contribution < -0.4 is 0 Å².